The molecule has 0 aliphatic carbocycles. The van der Waals surface area contributed by atoms with Gasteiger partial charge in [-0.1, -0.05) is 20.3 Å². The molecule has 1 unspecified atom stereocenters. The molecule has 1 N–H and O–H groups in total. The molecule has 100 valence electrons. The van der Waals surface area contributed by atoms with Crippen LogP contribution in [0.3, 0.4) is 0 Å². The monoisotopic (exact) mass is 241 g/mol. The summed E-state index contributed by atoms with van der Waals surface area (Å²) in [4.78, 5) is 16.1. The zero-order chi connectivity index (χ0) is 12.7. The maximum atomic E-state index is 11.2. The zero-order valence-electron chi connectivity index (χ0n) is 11.5. The van der Waals surface area contributed by atoms with Gasteiger partial charge in [0.25, 0.3) is 0 Å². The lowest BCUT2D eigenvalue weighted by Gasteiger charge is -2.24. The highest BCUT2D eigenvalue weighted by Crippen LogP contribution is 2.05. The fraction of sp³-hybridized carbons (Fsp3) is 0.923. The number of unbranched alkanes of at least 4 members (excludes halogenated alkanes) is 1. The van der Waals surface area contributed by atoms with E-state index >= 15 is 0 Å². The number of hydrogen-bond donors (Lipinski definition) is 1. The Morgan fingerprint density at radius 2 is 1.88 bits per heavy atom. The zero-order valence-corrected chi connectivity index (χ0v) is 11.5. The van der Waals surface area contributed by atoms with Gasteiger partial charge < -0.3 is 10.2 Å². The molecule has 4 nitrogen and oxygen atoms in total. The van der Waals surface area contributed by atoms with Crippen molar-refractivity contribution in [3.8, 4) is 0 Å². The van der Waals surface area contributed by atoms with Crippen molar-refractivity contribution >= 4 is 5.91 Å². The smallest absolute Gasteiger partial charge is 0.217 e. The highest BCUT2D eigenvalue weighted by atomic mass is 16.1. The summed E-state index contributed by atoms with van der Waals surface area (Å²) in [5, 5.41) is 3.07. The molecule has 1 aliphatic rings. The summed E-state index contributed by atoms with van der Waals surface area (Å²) >= 11 is 0. The van der Waals surface area contributed by atoms with Crippen molar-refractivity contribution in [1.29, 1.82) is 0 Å². The quantitative estimate of drug-likeness (QED) is 0.778. The van der Waals surface area contributed by atoms with Crippen LogP contribution < -0.4 is 5.32 Å². The molecule has 0 radical (unpaired) electrons. The number of amides is 1. The second kappa shape index (κ2) is 7.67. The molecule has 1 amide bonds. The van der Waals surface area contributed by atoms with Crippen molar-refractivity contribution in [2.24, 2.45) is 0 Å². The number of carbonyl (C=O) groups excluding carboxylic acids is 1. The minimum Gasteiger partial charge on any atom is -0.351 e. The summed E-state index contributed by atoms with van der Waals surface area (Å²) in [5.41, 5.74) is 0. The molecule has 1 saturated heterocycles. The Bertz CT molecular complexity index is 233. The summed E-state index contributed by atoms with van der Waals surface area (Å²) in [6, 6.07) is 0.284. The molecular formula is C13H27N3O. The number of likely N-dealkylation sites (N-methyl/N-ethyl adjacent to an activating group) is 1. The summed E-state index contributed by atoms with van der Waals surface area (Å²) in [7, 11) is 0. The number of carbonyl (C=O) groups is 1. The Hall–Kier alpha value is -0.610. The first-order valence-electron chi connectivity index (χ1n) is 6.87. The van der Waals surface area contributed by atoms with Crippen LogP contribution in [0, 0.1) is 0 Å². The number of rotatable bonds is 5. The first-order valence-corrected chi connectivity index (χ1v) is 6.87. The van der Waals surface area contributed by atoms with Crippen LogP contribution in [0.5, 0.6) is 0 Å². The molecule has 0 bridgehead atoms. The van der Waals surface area contributed by atoms with E-state index in [9.17, 15) is 4.79 Å². The highest BCUT2D eigenvalue weighted by Gasteiger charge is 2.21. The van der Waals surface area contributed by atoms with Crippen LogP contribution in [-0.4, -0.2) is 61.0 Å². The molecule has 0 aromatic heterocycles. The lowest BCUT2D eigenvalue weighted by atomic mass is 10.2. The Morgan fingerprint density at radius 3 is 2.47 bits per heavy atom. The van der Waals surface area contributed by atoms with Crippen LogP contribution >= 0.6 is 0 Å². The molecule has 1 fully saturated rings. The molecule has 17 heavy (non-hydrogen) atoms. The first-order chi connectivity index (χ1) is 8.15. The van der Waals surface area contributed by atoms with Crippen LogP contribution in [-0.2, 0) is 4.79 Å². The van der Waals surface area contributed by atoms with Crippen LogP contribution in [0.15, 0.2) is 0 Å². The summed E-state index contributed by atoms with van der Waals surface area (Å²) in [6.07, 6.45) is 2.48. The SMILES string of the molecule is CCCCN1CCN(CC)CC(NC(C)=O)C1. The average molecular weight is 241 g/mol. The third-order valence-corrected chi connectivity index (χ3v) is 3.37. The minimum absolute atomic E-state index is 0.0865. The van der Waals surface area contributed by atoms with Gasteiger partial charge in [0.1, 0.15) is 0 Å². The summed E-state index contributed by atoms with van der Waals surface area (Å²) in [6.45, 7) is 12.5. The van der Waals surface area contributed by atoms with Gasteiger partial charge in [0.05, 0.1) is 6.04 Å². The Kier molecular flexibility index (Phi) is 6.52. The standard InChI is InChI=1S/C13H27N3O/c1-4-6-7-16-9-8-15(5-2)10-13(11-16)14-12(3)17/h13H,4-11H2,1-3H3,(H,14,17). The van der Waals surface area contributed by atoms with Gasteiger partial charge in [0, 0.05) is 33.1 Å². The molecule has 0 spiro atoms. The molecule has 1 rings (SSSR count). The van der Waals surface area contributed by atoms with Gasteiger partial charge in [-0.3, -0.25) is 9.69 Å². The van der Waals surface area contributed by atoms with E-state index in [2.05, 4.69) is 29.0 Å². The summed E-state index contributed by atoms with van der Waals surface area (Å²) < 4.78 is 0. The van der Waals surface area contributed by atoms with Crippen LogP contribution in [0.25, 0.3) is 0 Å². The van der Waals surface area contributed by atoms with Crippen LogP contribution in [0.2, 0.25) is 0 Å². The number of nitrogens with one attached hydrogen (secondary N) is 1. The minimum atomic E-state index is 0.0865. The first kappa shape index (κ1) is 14.5. The lowest BCUT2D eigenvalue weighted by molar-refractivity contribution is -0.119. The topological polar surface area (TPSA) is 35.6 Å². The van der Waals surface area contributed by atoms with Gasteiger partial charge in [-0.15, -0.1) is 0 Å². The maximum absolute atomic E-state index is 11.2. The summed E-state index contributed by atoms with van der Waals surface area (Å²) in [5.74, 6) is 0.0865. The molecule has 4 heteroatoms. The van der Waals surface area contributed by atoms with Crippen molar-refractivity contribution in [3.05, 3.63) is 0 Å². The second-order valence-electron chi connectivity index (χ2n) is 4.94. The van der Waals surface area contributed by atoms with E-state index in [0.29, 0.717) is 0 Å². The molecule has 0 aromatic carbocycles. The van der Waals surface area contributed by atoms with Crippen molar-refractivity contribution < 1.29 is 4.79 Å². The van der Waals surface area contributed by atoms with Crippen molar-refractivity contribution in [2.75, 3.05) is 39.3 Å². The molecule has 0 saturated carbocycles. The average Bonchev–Trinajstić information content (AvgIpc) is 2.47. The van der Waals surface area contributed by atoms with E-state index < -0.39 is 0 Å². The Morgan fingerprint density at radius 1 is 1.24 bits per heavy atom. The third kappa shape index (κ3) is 5.50. The maximum Gasteiger partial charge on any atom is 0.217 e. The largest absolute Gasteiger partial charge is 0.351 e. The van der Waals surface area contributed by atoms with Gasteiger partial charge in [-0.25, -0.2) is 0 Å². The Labute approximate surface area is 105 Å². The van der Waals surface area contributed by atoms with E-state index in [0.717, 1.165) is 39.3 Å². The van der Waals surface area contributed by atoms with Gasteiger partial charge in [-0.2, -0.15) is 0 Å². The van der Waals surface area contributed by atoms with E-state index in [1.54, 1.807) is 6.92 Å². The number of hydrogen-bond acceptors (Lipinski definition) is 3. The predicted octanol–water partition coefficient (Wildman–Crippen LogP) is 0.929. The predicted molar refractivity (Wildman–Crippen MR) is 71.1 cm³/mol. The molecule has 1 heterocycles. The number of nitrogens with zero attached hydrogens (tertiary/aromatic N) is 2. The second-order valence-corrected chi connectivity index (χ2v) is 4.94. The van der Waals surface area contributed by atoms with Gasteiger partial charge in [0.2, 0.25) is 5.91 Å². The van der Waals surface area contributed by atoms with Crippen molar-refractivity contribution in [2.45, 2.75) is 39.7 Å². The fourth-order valence-corrected chi connectivity index (χ4v) is 2.40. The van der Waals surface area contributed by atoms with Crippen LogP contribution in [0.1, 0.15) is 33.6 Å². The highest BCUT2D eigenvalue weighted by molar-refractivity contribution is 5.73. The Balaban J connectivity index is 2.50. The molecule has 1 atom stereocenters. The lowest BCUT2D eigenvalue weighted by Crippen LogP contribution is -2.46. The van der Waals surface area contributed by atoms with Gasteiger partial charge in [0.15, 0.2) is 0 Å². The van der Waals surface area contributed by atoms with Gasteiger partial charge >= 0.3 is 0 Å². The fourth-order valence-electron chi connectivity index (χ4n) is 2.40. The van der Waals surface area contributed by atoms with E-state index in [-0.39, 0.29) is 11.9 Å². The van der Waals surface area contributed by atoms with Crippen molar-refractivity contribution in [1.82, 2.24) is 15.1 Å². The van der Waals surface area contributed by atoms with Crippen LogP contribution in [0.4, 0.5) is 0 Å². The van der Waals surface area contributed by atoms with E-state index in [1.165, 1.54) is 12.8 Å². The van der Waals surface area contributed by atoms with E-state index in [1.807, 2.05) is 0 Å². The van der Waals surface area contributed by atoms with E-state index in [4.69, 9.17) is 0 Å². The van der Waals surface area contributed by atoms with Crippen molar-refractivity contribution in [3.63, 3.8) is 0 Å². The molecule has 1 aliphatic heterocycles. The normalized spacial score (nSPS) is 23.4. The third-order valence-electron chi connectivity index (χ3n) is 3.37. The molecule has 0 aromatic rings. The molecular weight excluding hydrogens is 214 g/mol. The van der Waals surface area contributed by atoms with Gasteiger partial charge in [-0.05, 0) is 19.5 Å².